The van der Waals surface area contributed by atoms with E-state index in [1.807, 2.05) is 0 Å². The van der Waals surface area contributed by atoms with Gasteiger partial charge < -0.3 is 4.74 Å². The molecule has 0 saturated heterocycles. The molecule has 0 saturated carbocycles. The average molecular weight is 229 g/mol. The summed E-state index contributed by atoms with van der Waals surface area (Å²) in [5, 5.41) is 0.919. The van der Waals surface area contributed by atoms with Gasteiger partial charge in [-0.1, -0.05) is 29.3 Å². The lowest BCUT2D eigenvalue weighted by atomic mass is 10.0. The van der Waals surface area contributed by atoms with Gasteiger partial charge in [-0.25, -0.2) is 0 Å². The van der Waals surface area contributed by atoms with E-state index in [1.54, 1.807) is 24.3 Å². The molecular weight excluding hydrogens is 223 g/mol. The normalized spacial score (nSPS) is 19.9. The number of esters is 1. The maximum atomic E-state index is 11.2. The van der Waals surface area contributed by atoms with Crippen molar-refractivity contribution in [1.82, 2.24) is 0 Å². The van der Waals surface area contributed by atoms with E-state index < -0.39 is 0 Å². The fourth-order valence-corrected chi connectivity index (χ4v) is 1.60. The summed E-state index contributed by atoms with van der Waals surface area (Å²) in [6.45, 7) is 0. The highest BCUT2D eigenvalue weighted by atomic mass is 35.5. The van der Waals surface area contributed by atoms with Gasteiger partial charge in [0.15, 0.2) is 0 Å². The number of hydrogen-bond acceptors (Lipinski definition) is 2. The summed E-state index contributed by atoms with van der Waals surface area (Å²) in [5.41, 5.74) is 0.790. The number of ether oxygens (including phenoxy) is 1. The highest BCUT2D eigenvalue weighted by Crippen LogP contribution is 2.29. The lowest BCUT2D eigenvalue weighted by Gasteiger charge is -2.05. The Balaban J connectivity index is 2.37. The first-order valence-corrected chi connectivity index (χ1v) is 4.76. The minimum absolute atomic E-state index is 0.289. The fraction of sp³-hybridized carbons (Fsp3) is 0.100. The second-order valence-corrected chi connectivity index (χ2v) is 3.73. The summed E-state index contributed by atoms with van der Waals surface area (Å²) >= 11 is 11.6. The van der Waals surface area contributed by atoms with Gasteiger partial charge in [-0.15, -0.1) is 0 Å². The average Bonchev–Trinajstić information content (AvgIpc) is 2.57. The zero-order chi connectivity index (χ0) is 10.1. The maximum absolute atomic E-state index is 11.2. The molecule has 0 fully saturated rings. The van der Waals surface area contributed by atoms with Gasteiger partial charge in [0.25, 0.3) is 0 Å². The molecule has 1 heterocycles. The molecule has 4 heteroatoms. The van der Waals surface area contributed by atoms with E-state index in [9.17, 15) is 4.79 Å². The van der Waals surface area contributed by atoms with Crippen molar-refractivity contribution in [3.05, 3.63) is 46.1 Å². The smallest absolute Gasteiger partial charge is 0.322 e. The summed E-state index contributed by atoms with van der Waals surface area (Å²) in [7, 11) is 0. The van der Waals surface area contributed by atoms with Crippen molar-refractivity contribution in [2.24, 2.45) is 0 Å². The molecule has 1 aromatic rings. The largest absolute Gasteiger partial charge is 0.434 e. The van der Waals surface area contributed by atoms with E-state index in [1.165, 1.54) is 6.26 Å². The highest BCUT2D eigenvalue weighted by molar-refractivity contribution is 6.42. The van der Waals surface area contributed by atoms with Gasteiger partial charge in [0.1, 0.15) is 5.92 Å². The molecule has 1 aliphatic heterocycles. The first-order chi connectivity index (χ1) is 6.68. The SMILES string of the molecule is O=C1OC=CC1c1ccc(Cl)c(Cl)c1. The van der Waals surface area contributed by atoms with Crippen LogP contribution in [0.2, 0.25) is 10.0 Å². The second-order valence-electron chi connectivity index (χ2n) is 2.92. The van der Waals surface area contributed by atoms with Crippen LogP contribution in [0.1, 0.15) is 11.5 Å². The summed E-state index contributed by atoms with van der Waals surface area (Å²) in [6.07, 6.45) is 3.07. The van der Waals surface area contributed by atoms with Crippen LogP contribution in [0.4, 0.5) is 0 Å². The van der Waals surface area contributed by atoms with Crippen LogP contribution in [0.15, 0.2) is 30.5 Å². The van der Waals surface area contributed by atoms with Crippen LogP contribution in [0.5, 0.6) is 0 Å². The molecule has 1 unspecified atom stereocenters. The highest BCUT2D eigenvalue weighted by Gasteiger charge is 2.23. The second kappa shape index (κ2) is 3.64. The van der Waals surface area contributed by atoms with Gasteiger partial charge in [-0.05, 0) is 23.8 Å². The predicted octanol–water partition coefficient (Wildman–Crippen LogP) is 3.15. The van der Waals surface area contributed by atoms with Gasteiger partial charge in [-0.2, -0.15) is 0 Å². The molecule has 0 amide bonds. The number of cyclic esters (lactones) is 1. The third-order valence-corrected chi connectivity index (χ3v) is 2.75. The number of halogens is 2. The van der Waals surface area contributed by atoms with Gasteiger partial charge in [0.2, 0.25) is 0 Å². The number of hydrogen-bond donors (Lipinski definition) is 0. The van der Waals surface area contributed by atoms with Crippen molar-refractivity contribution < 1.29 is 9.53 Å². The molecule has 1 atom stereocenters. The quantitative estimate of drug-likeness (QED) is 0.691. The monoisotopic (exact) mass is 228 g/mol. The lowest BCUT2D eigenvalue weighted by Crippen LogP contribution is -2.05. The molecule has 1 aromatic carbocycles. The van der Waals surface area contributed by atoms with Crippen molar-refractivity contribution in [1.29, 1.82) is 0 Å². The van der Waals surface area contributed by atoms with Crippen LogP contribution in [0.3, 0.4) is 0 Å². The number of carbonyl (C=O) groups excluding carboxylic acids is 1. The van der Waals surface area contributed by atoms with Crippen LogP contribution in [0.25, 0.3) is 0 Å². The van der Waals surface area contributed by atoms with E-state index in [0.717, 1.165) is 5.56 Å². The number of rotatable bonds is 1. The van der Waals surface area contributed by atoms with E-state index in [0.29, 0.717) is 10.0 Å². The predicted molar refractivity (Wildman–Crippen MR) is 54.4 cm³/mol. The van der Waals surface area contributed by atoms with Gasteiger partial charge in [-0.3, -0.25) is 4.79 Å². The van der Waals surface area contributed by atoms with E-state index in [2.05, 4.69) is 0 Å². The van der Waals surface area contributed by atoms with Crippen molar-refractivity contribution >= 4 is 29.2 Å². The Labute approximate surface area is 91.1 Å². The standard InChI is InChI=1S/C10H6Cl2O2/c11-8-2-1-6(5-9(8)12)7-3-4-14-10(7)13/h1-5,7H. The van der Waals surface area contributed by atoms with Crippen molar-refractivity contribution in [3.8, 4) is 0 Å². The summed E-state index contributed by atoms with van der Waals surface area (Å²) in [5.74, 6) is -0.645. The molecule has 0 aliphatic carbocycles. The van der Waals surface area contributed by atoms with Crippen LogP contribution < -0.4 is 0 Å². The van der Waals surface area contributed by atoms with E-state index in [-0.39, 0.29) is 11.9 Å². The lowest BCUT2D eigenvalue weighted by molar-refractivity contribution is -0.136. The first kappa shape index (κ1) is 9.56. The fourth-order valence-electron chi connectivity index (χ4n) is 1.29. The zero-order valence-corrected chi connectivity index (χ0v) is 8.55. The maximum Gasteiger partial charge on any atom is 0.322 e. The topological polar surface area (TPSA) is 26.3 Å². The molecule has 2 nitrogen and oxygen atoms in total. The summed E-state index contributed by atoms with van der Waals surface area (Å²) in [6, 6.07) is 5.10. The Bertz CT molecular complexity index is 413. The Morgan fingerprint density at radius 1 is 1.21 bits per heavy atom. The molecule has 2 rings (SSSR count). The van der Waals surface area contributed by atoms with E-state index >= 15 is 0 Å². The molecule has 0 radical (unpaired) electrons. The van der Waals surface area contributed by atoms with Crippen LogP contribution in [0, 0.1) is 0 Å². The van der Waals surface area contributed by atoms with Gasteiger partial charge >= 0.3 is 5.97 Å². The van der Waals surface area contributed by atoms with Gasteiger partial charge in [0, 0.05) is 0 Å². The minimum atomic E-state index is -0.357. The molecule has 1 aliphatic rings. The molecule has 0 N–H and O–H groups in total. The Morgan fingerprint density at radius 2 is 2.00 bits per heavy atom. The zero-order valence-electron chi connectivity index (χ0n) is 7.04. The Hall–Kier alpha value is -0.990. The van der Waals surface area contributed by atoms with Crippen LogP contribution in [-0.2, 0) is 9.53 Å². The summed E-state index contributed by atoms with van der Waals surface area (Å²) in [4.78, 5) is 11.2. The first-order valence-electron chi connectivity index (χ1n) is 4.00. The number of carbonyl (C=O) groups is 1. The van der Waals surface area contributed by atoms with Crippen LogP contribution >= 0.6 is 23.2 Å². The van der Waals surface area contributed by atoms with Crippen LogP contribution in [-0.4, -0.2) is 5.97 Å². The minimum Gasteiger partial charge on any atom is -0.434 e. The third-order valence-electron chi connectivity index (χ3n) is 2.01. The Kier molecular flexibility index (Phi) is 2.48. The van der Waals surface area contributed by atoms with Crippen molar-refractivity contribution in [2.75, 3.05) is 0 Å². The summed E-state index contributed by atoms with van der Waals surface area (Å²) < 4.78 is 4.69. The number of benzene rings is 1. The molecule has 14 heavy (non-hydrogen) atoms. The third kappa shape index (κ3) is 1.63. The van der Waals surface area contributed by atoms with Gasteiger partial charge in [0.05, 0.1) is 16.3 Å². The molecule has 72 valence electrons. The van der Waals surface area contributed by atoms with E-state index in [4.69, 9.17) is 27.9 Å². The molecule has 0 aromatic heterocycles. The van der Waals surface area contributed by atoms with Crippen molar-refractivity contribution in [2.45, 2.75) is 5.92 Å². The Morgan fingerprint density at radius 3 is 2.57 bits per heavy atom. The molecule has 0 spiro atoms. The molecular formula is C10H6Cl2O2. The molecule has 0 bridgehead atoms. The van der Waals surface area contributed by atoms with Crippen molar-refractivity contribution in [3.63, 3.8) is 0 Å².